The third kappa shape index (κ3) is 4.24. The van der Waals surface area contributed by atoms with Gasteiger partial charge in [-0.1, -0.05) is 38.7 Å². The topological polar surface area (TPSA) is 32.3 Å². The zero-order chi connectivity index (χ0) is 14.4. The lowest BCUT2D eigenvalue weighted by molar-refractivity contribution is 0.385. The highest BCUT2D eigenvalue weighted by molar-refractivity contribution is 5.38. The molecule has 0 amide bonds. The van der Waals surface area contributed by atoms with Crippen LogP contribution in [0, 0.1) is 0 Å². The third-order valence-corrected chi connectivity index (χ3v) is 4.42. The normalized spacial score (nSPS) is 19.6. The van der Waals surface area contributed by atoms with Gasteiger partial charge in [0.15, 0.2) is 0 Å². The molecule has 0 saturated heterocycles. The number of fused-ring (bicyclic) bond motifs is 1. The molecule has 20 heavy (non-hydrogen) atoms. The van der Waals surface area contributed by atoms with Crippen LogP contribution in [0.25, 0.3) is 0 Å². The molecule has 0 bridgehead atoms. The van der Waals surface area contributed by atoms with Crippen molar-refractivity contribution < 1.29 is 5.11 Å². The Hall–Kier alpha value is -1.02. The Morgan fingerprint density at radius 3 is 2.95 bits per heavy atom. The Kier molecular flexibility index (Phi) is 5.90. The van der Waals surface area contributed by atoms with E-state index in [-0.39, 0.29) is 0 Å². The summed E-state index contributed by atoms with van der Waals surface area (Å²) in [6.07, 6.45) is 10.2. The lowest BCUT2D eigenvalue weighted by Crippen LogP contribution is -2.32. The zero-order valence-corrected chi connectivity index (χ0v) is 13.0. The van der Waals surface area contributed by atoms with E-state index in [0.29, 0.717) is 17.8 Å². The second kappa shape index (κ2) is 7.68. The van der Waals surface area contributed by atoms with E-state index in [0.717, 1.165) is 6.42 Å². The molecule has 2 atom stereocenters. The van der Waals surface area contributed by atoms with E-state index in [1.165, 1.54) is 56.1 Å². The molecule has 0 heterocycles. The van der Waals surface area contributed by atoms with E-state index in [1.807, 2.05) is 12.1 Å². The molecule has 1 aliphatic carbocycles. The number of hydrogen-bond acceptors (Lipinski definition) is 2. The highest BCUT2D eigenvalue weighted by Crippen LogP contribution is 2.32. The van der Waals surface area contributed by atoms with Crippen molar-refractivity contribution in [2.45, 2.75) is 77.3 Å². The number of hydrogen-bond donors (Lipinski definition) is 2. The third-order valence-electron chi connectivity index (χ3n) is 4.42. The Labute approximate surface area is 123 Å². The number of phenols is 1. The van der Waals surface area contributed by atoms with Gasteiger partial charge in [0, 0.05) is 12.1 Å². The van der Waals surface area contributed by atoms with Crippen molar-refractivity contribution >= 4 is 0 Å². The van der Waals surface area contributed by atoms with Crippen LogP contribution in [0.4, 0.5) is 0 Å². The number of nitrogens with one attached hydrogen (secondary N) is 1. The molecule has 2 rings (SSSR count). The summed E-state index contributed by atoms with van der Waals surface area (Å²) in [5.74, 6) is 0.400. The quantitative estimate of drug-likeness (QED) is 0.706. The average Bonchev–Trinajstić information content (AvgIpc) is 2.43. The summed E-state index contributed by atoms with van der Waals surface area (Å²) in [4.78, 5) is 0. The van der Waals surface area contributed by atoms with Gasteiger partial charge in [-0.05, 0) is 55.9 Å². The fourth-order valence-electron chi connectivity index (χ4n) is 3.28. The van der Waals surface area contributed by atoms with Gasteiger partial charge in [0.1, 0.15) is 5.75 Å². The fraction of sp³-hybridized carbons (Fsp3) is 0.667. The van der Waals surface area contributed by atoms with E-state index in [2.05, 4.69) is 25.2 Å². The van der Waals surface area contributed by atoms with Crippen molar-refractivity contribution in [1.29, 1.82) is 0 Å². The molecule has 1 aromatic carbocycles. The number of benzene rings is 1. The second-order valence-corrected chi connectivity index (χ2v) is 6.24. The average molecular weight is 275 g/mol. The van der Waals surface area contributed by atoms with Crippen molar-refractivity contribution in [3.8, 4) is 5.75 Å². The Bertz CT molecular complexity index is 416. The predicted octanol–water partition coefficient (Wildman–Crippen LogP) is 4.72. The van der Waals surface area contributed by atoms with E-state index in [9.17, 15) is 5.11 Å². The molecule has 0 aliphatic heterocycles. The van der Waals surface area contributed by atoms with Gasteiger partial charge in [-0.2, -0.15) is 0 Å². The number of aromatic hydroxyl groups is 1. The molecule has 0 saturated carbocycles. The van der Waals surface area contributed by atoms with E-state index in [1.54, 1.807) is 0 Å². The van der Waals surface area contributed by atoms with Gasteiger partial charge in [-0.15, -0.1) is 0 Å². The first-order valence-electron chi connectivity index (χ1n) is 8.28. The Morgan fingerprint density at radius 1 is 1.30 bits per heavy atom. The zero-order valence-electron chi connectivity index (χ0n) is 13.0. The summed E-state index contributed by atoms with van der Waals surface area (Å²) in [5, 5.41) is 13.4. The summed E-state index contributed by atoms with van der Waals surface area (Å²) in [7, 11) is 0. The van der Waals surface area contributed by atoms with Gasteiger partial charge < -0.3 is 10.4 Å². The molecular weight excluding hydrogens is 246 g/mol. The molecular formula is C18H29NO. The van der Waals surface area contributed by atoms with Gasteiger partial charge in [0.2, 0.25) is 0 Å². The van der Waals surface area contributed by atoms with Crippen LogP contribution in [0.2, 0.25) is 0 Å². The predicted molar refractivity (Wildman–Crippen MR) is 85.1 cm³/mol. The first-order chi connectivity index (χ1) is 9.70. The van der Waals surface area contributed by atoms with Crippen molar-refractivity contribution in [2.24, 2.45) is 0 Å². The molecule has 1 aliphatic rings. The number of unbranched alkanes of at least 4 members (excludes halogenated alkanes) is 3. The van der Waals surface area contributed by atoms with E-state index in [4.69, 9.17) is 0 Å². The molecule has 0 fully saturated rings. The number of aryl methyl sites for hydroxylation is 1. The Morgan fingerprint density at radius 2 is 2.15 bits per heavy atom. The maximum Gasteiger partial charge on any atom is 0.115 e. The molecule has 112 valence electrons. The minimum absolute atomic E-state index is 0.400. The molecule has 2 unspecified atom stereocenters. The van der Waals surface area contributed by atoms with Crippen LogP contribution < -0.4 is 5.32 Å². The van der Waals surface area contributed by atoms with Gasteiger partial charge in [0.25, 0.3) is 0 Å². The maximum atomic E-state index is 9.60. The van der Waals surface area contributed by atoms with Crippen LogP contribution in [0.5, 0.6) is 5.75 Å². The van der Waals surface area contributed by atoms with E-state index >= 15 is 0 Å². The molecule has 2 heteroatoms. The largest absolute Gasteiger partial charge is 0.508 e. The summed E-state index contributed by atoms with van der Waals surface area (Å²) < 4.78 is 0. The highest BCUT2D eigenvalue weighted by Gasteiger charge is 2.21. The summed E-state index contributed by atoms with van der Waals surface area (Å²) in [5.41, 5.74) is 2.72. The fourth-order valence-corrected chi connectivity index (χ4v) is 3.28. The van der Waals surface area contributed by atoms with Crippen LogP contribution >= 0.6 is 0 Å². The molecule has 2 nitrogen and oxygen atoms in total. The maximum absolute atomic E-state index is 9.60. The van der Waals surface area contributed by atoms with Gasteiger partial charge >= 0.3 is 0 Å². The van der Waals surface area contributed by atoms with Gasteiger partial charge in [-0.25, -0.2) is 0 Å². The summed E-state index contributed by atoms with van der Waals surface area (Å²) in [6, 6.07) is 6.92. The van der Waals surface area contributed by atoms with Crippen molar-refractivity contribution in [3.05, 3.63) is 29.3 Å². The number of rotatable bonds is 7. The Balaban J connectivity index is 1.88. The van der Waals surface area contributed by atoms with Crippen LogP contribution in [-0.4, -0.2) is 11.1 Å². The SMILES string of the molecule is CCCCCCC(C)NC1CCCc2cc(O)ccc21. The monoisotopic (exact) mass is 275 g/mol. The lowest BCUT2D eigenvalue weighted by Gasteiger charge is -2.29. The molecule has 0 radical (unpaired) electrons. The number of phenolic OH excluding ortho intramolecular Hbond substituents is 1. The van der Waals surface area contributed by atoms with Crippen molar-refractivity contribution in [1.82, 2.24) is 5.32 Å². The van der Waals surface area contributed by atoms with Crippen molar-refractivity contribution in [2.75, 3.05) is 0 Å². The highest BCUT2D eigenvalue weighted by atomic mass is 16.3. The summed E-state index contributed by atoms with van der Waals surface area (Å²) in [6.45, 7) is 4.57. The van der Waals surface area contributed by atoms with E-state index < -0.39 is 0 Å². The smallest absolute Gasteiger partial charge is 0.115 e. The van der Waals surface area contributed by atoms with Crippen LogP contribution in [-0.2, 0) is 6.42 Å². The molecule has 0 spiro atoms. The van der Waals surface area contributed by atoms with Gasteiger partial charge in [-0.3, -0.25) is 0 Å². The lowest BCUT2D eigenvalue weighted by atomic mass is 9.87. The van der Waals surface area contributed by atoms with Crippen LogP contribution in [0.1, 0.15) is 76.0 Å². The standard InChI is InChI=1S/C18H29NO/c1-3-4-5-6-8-14(2)19-18-10-7-9-15-13-16(20)11-12-17(15)18/h11-14,18-20H,3-10H2,1-2H3. The molecule has 0 aromatic heterocycles. The van der Waals surface area contributed by atoms with Crippen molar-refractivity contribution in [3.63, 3.8) is 0 Å². The minimum Gasteiger partial charge on any atom is -0.508 e. The van der Waals surface area contributed by atoms with Gasteiger partial charge in [0.05, 0.1) is 0 Å². The molecule has 2 N–H and O–H groups in total. The first kappa shape index (κ1) is 15.4. The van der Waals surface area contributed by atoms with Crippen LogP contribution in [0.15, 0.2) is 18.2 Å². The van der Waals surface area contributed by atoms with Crippen LogP contribution in [0.3, 0.4) is 0 Å². The first-order valence-corrected chi connectivity index (χ1v) is 8.28. The second-order valence-electron chi connectivity index (χ2n) is 6.24. The molecule has 1 aromatic rings. The minimum atomic E-state index is 0.400. The summed E-state index contributed by atoms with van der Waals surface area (Å²) >= 11 is 0.